The molecule has 4 heterocycles. The number of aromatic nitrogens is 3. The summed E-state index contributed by atoms with van der Waals surface area (Å²) in [5.74, 6) is 0.606. The number of rotatable bonds is 4. The van der Waals surface area contributed by atoms with Gasteiger partial charge in [-0.3, -0.25) is 14.8 Å². The zero-order valence-corrected chi connectivity index (χ0v) is 18.8. The van der Waals surface area contributed by atoms with Crippen molar-refractivity contribution in [2.24, 2.45) is 5.92 Å². The molecule has 0 aromatic carbocycles. The number of anilines is 1. The highest BCUT2D eigenvalue weighted by Gasteiger charge is 2.47. The lowest BCUT2D eigenvalue weighted by molar-refractivity contribution is -0.137. The van der Waals surface area contributed by atoms with Crippen LogP contribution in [0, 0.1) is 19.8 Å². The fraction of sp³-hybridized carbons (Fsp3) is 0.360. The van der Waals surface area contributed by atoms with Crippen LogP contribution < -0.4 is 5.32 Å². The number of carbonyl (C=O) groups is 1. The number of amides is 1. The molecule has 1 aliphatic heterocycles. The van der Waals surface area contributed by atoms with E-state index in [4.69, 9.17) is 0 Å². The molecule has 3 aromatic heterocycles. The Morgan fingerprint density at radius 3 is 2.56 bits per heavy atom. The Bertz CT molecular complexity index is 1230. The van der Waals surface area contributed by atoms with Crippen molar-refractivity contribution in [2.45, 2.75) is 44.9 Å². The van der Waals surface area contributed by atoms with E-state index in [9.17, 15) is 18.0 Å². The average Bonchev–Trinajstić information content (AvgIpc) is 3.40. The number of nitrogens with one attached hydrogen (secondary N) is 1. The highest BCUT2D eigenvalue weighted by Crippen LogP contribution is 2.40. The number of nitrogens with zero attached hydrogens (tertiary/aromatic N) is 4. The van der Waals surface area contributed by atoms with Crippen LogP contribution in [0.3, 0.4) is 0 Å². The third kappa shape index (κ3) is 4.10. The number of piperidine rings is 1. The summed E-state index contributed by atoms with van der Waals surface area (Å²) in [6.07, 6.45) is 1.52. The smallest absolute Gasteiger partial charge is 0.365 e. The molecular formula is C25H24F3N5O. The fourth-order valence-corrected chi connectivity index (χ4v) is 5.06. The summed E-state index contributed by atoms with van der Waals surface area (Å²) in [5.41, 5.74) is 2.79. The summed E-state index contributed by atoms with van der Waals surface area (Å²) < 4.78 is 38.5. The van der Waals surface area contributed by atoms with Crippen LogP contribution in [0.15, 0.2) is 48.9 Å². The molecular weight excluding hydrogens is 443 g/mol. The van der Waals surface area contributed by atoms with Crippen molar-refractivity contribution in [3.63, 3.8) is 0 Å². The van der Waals surface area contributed by atoms with Crippen molar-refractivity contribution in [1.82, 2.24) is 19.9 Å². The van der Waals surface area contributed by atoms with E-state index < -0.39 is 11.7 Å². The summed E-state index contributed by atoms with van der Waals surface area (Å²) in [5, 5.41) is 3.25. The van der Waals surface area contributed by atoms with E-state index in [1.54, 1.807) is 12.4 Å². The number of hydrogen-bond donors (Lipinski definition) is 1. The van der Waals surface area contributed by atoms with Crippen molar-refractivity contribution in [1.29, 1.82) is 0 Å². The molecule has 1 N–H and O–H groups in total. The van der Waals surface area contributed by atoms with Crippen LogP contribution in [-0.4, -0.2) is 44.4 Å². The van der Waals surface area contributed by atoms with Gasteiger partial charge in [-0.05, 0) is 68.0 Å². The van der Waals surface area contributed by atoms with Gasteiger partial charge in [0.1, 0.15) is 11.5 Å². The molecule has 34 heavy (non-hydrogen) atoms. The van der Waals surface area contributed by atoms with Crippen molar-refractivity contribution >= 4 is 11.7 Å². The highest BCUT2D eigenvalue weighted by molar-refractivity contribution is 6.00. The van der Waals surface area contributed by atoms with Crippen LogP contribution >= 0.6 is 0 Å². The molecule has 3 atom stereocenters. The van der Waals surface area contributed by atoms with Gasteiger partial charge >= 0.3 is 6.18 Å². The molecule has 1 aliphatic carbocycles. The standard InChI is InChI=1S/C25H24F3N5O/c1-14-8-18(23(31-11-14)22-15(2)4-3-7-29-22)24(34)33-13-16-9-19(20(33)10-16)32-21-6-5-17(12-30-21)25(26,27)28/h3-8,11-12,16,19-20H,9-10,13H2,1-2H3,(H,30,32). The van der Waals surface area contributed by atoms with Gasteiger partial charge in [-0.1, -0.05) is 6.07 Å². The zero-order valence-electron chi connectivity index (χ0n) is 18.8. The summed E-state index contributed by atoms with van der Waals surface area (Å²) in [6, 6.07) is 7.85. The number of aryl methyl sites for hydroxylation is 2. The van der Waals surface area contributed by atoms with E-state index in [-0.39, 0.29) is 18.0 Å². The Hall–Kier alpha value is -3.49. The lowest BCUT2D eigenvalue weighted by Gasteiger charge is -2.34. The Morgan fingerprint density at radius 2 is 1.88 bits per heavy atom. The van der Waals surface area contributed by atoms with E-state index in [2.05, 4.69) is 20.3 Å². The summed E-state index contributed by atoms with van der Waals surface area (Å²) >= 11 is 0. The average molecular weight is 467 g/mol. The van der Waals surface area contributed by atoms with Crippen molar-refractivity contribution < 1.29 is 18.0 Å². The molecule has 2 fully saturated rings. The number of carbonyl (C=O) groups excluding carboxylic acids is 1. The first-order valence-corrected chi connectivity index (χ1v) is 11.2. The van der Waals surface area contributed by atoms with Gasteiger partial charge < -0.3 is 10.2 Å². The zero-order chi connectivity index (χ0) is 24.0. The molecule has 3 unspecified atom stereocenters. The van der Waals surface area contributed by atoms with Crippen LogP contribution in [0.5, 0.6) is 0 Å². The normalized spacial score (nSPS) is 21.7. The number of pyridine rings is 3. The Kier molecular flexibility index (Phi) is 5.50. The maximum absolute atomic E-state index is 13.7. The van der Waals surface area contributed by atoms with E-state index >= 15 is 0 Å². The minimum atomic E-state index is -4.42. The van der Waals surface area contributed by atoms with Gasteiger partial charge in [0.15, 0.2) is 0 Å². The van der Waals surface area contributed by atoms with Crippen molar-refractivity contribution in [2.75, 3.05) is 11.9 Å². The molecule has 2 bridgehead atoms. The minimum absolute atomic E-state index is 0.0696. The maximum atomic E-state index is 13.7. The molecule has 0 spiro atoms. The molecule has 6 nitrogen and oxygen atoms in total. The van der Waals surface area contributed by atoms with Crippen LogP contribution in [0.2, 0.25) is 0 Å². The van der Waals surface area contributed by atoms with Crippen LogP contribution in [0.1, 0.15) is 39.9 Å². The largest absolute Gasteiger partial charge is 0.417 e. The minimum Gasteiger partial charge on any atom is -0.365 e. The topological polar surface area (TPSA) is 71.0 Å². The number of alkyl halides is 3. The summed E-state index contributed by atoms with van der Waals surface area (Å²) in [7, 11) is 0. The van der Waals surface area contributed by atoms with Gasteiger partial charge in [0.2, 0.25) is 0 Å². The van der Waals surface area contributed by atoms with Crippen LogP contribution in [0.4, 0.5) is 19.0 Å². The predicted octanol–water partition coefficient (Wildman–Crippen LogP) is 4.89. The van der Waals surface area contributed by atoms with E-state index in [0.717, 1.165) is 36.2 Å². The van der Waals surface area contributed by atoms with Gasteiger partial charge in [0.05, 0.1) is 22.9 Å². The summed E-state index contributed by atoms with van der Waals surface area (Å²) in [6.45, 7) is 4.49. The first-order chi connectivity index (χ1) is 16.2. The molecule has 3 aromatic rings. The second-order valence-corrected chi connectivity index (χ2v) is 9.12. The second kappa shape index (κ2) is 8.38. The molecule has 9 heteroatoms. The van der Waals surface area contributed by atoms with Gasteiger partial charge in [0.25, 0.3) is 5.91 Å². The monoisotopic (exact) mass is 467 g/mol. The third-order valence-corrected chi connectivity index (χ3v) is 6.66. The Labute approximate surface area is 195 Å². The van der Waals surface area contributed by atoms with Crippen LogP contribution in [-0.2, 0) is 6.18 Å². The molecule has 1 saturated carbocycles. The van der Waals surface area contributed by atoms with Crippen molar-refractivity contribution in [3.8, 4) is 11.4 Å². The first-order valence-electron chi connectivity index (χ1n) is 11.2. The van der Waals surface area contributed by atoms with E-state index in [1.165, 1.54) is 6.07 Å². The van der Waals surface area contributed by atoms with Gasteiger partial charge in [-0.25, -0.2) is 4.98 Å². The predicted molar refractivity (Wildman–Crippen MR) is 121 cm³/mol. The summed E-state index contributed by atoms with van der Waals surface area (Å²) in [4.78, 5) is 28.6. The van der Waals surface area contributed by atoms with Crippen molar-refractivity contribution in [3.05, 3.63) is 71.2 Å². The number of halogens is 3. The molecule has 0 radical (unpaired) electrons. The second-order valence-electron chi connectivity index (χ2n) is 9.12. The molecule has 5 rings (SSSR count). The third-order valence-electron chi connectivity index (χ3n) is 6.66. The first kappa shape index (κ1) is 22.3. The van der Waals surface area contributed by atoms with E-state index in [0.29, 0.717) is 35.2 Å². The molecule has 176 valence electrons. The van der Waals surface area contributed by atoms with E-state index in [1.807, 2.05) is 36.9 Å². The van der Waals surface area contributed by atoms with Gasteiger partial charge in [-0.15, -0.1) is 0 Å². The molecule has 1 amide bonds. The fourth-order valence-electron chi connectivity index (χ4n) is 5.06. The van der Waals surface area contributed by atoms with Gasteiger partial charge in [0, 0.05) is 31.2 Å². The Morgan fingerprint density at radius 1 is 1.06 bits per heavy atom. The van der Waals surface area contributed by atoms with Gasteiger partial charge in [-0.2, -0.15) is 13.2 Å². The lowest BCUT2D eigenvalue weighted by Crippen LogP contribution is -2.48. The maximum Gasteiger partial charge on any atom is 0.417 e. The Balaban J connectivity index is 1.39. The number of hydrogen-bond acceptors (Lipinski definition) is 5. The SMILES string of the molecule is Cc1cnc(-c2ncccc2C)c(C(=O)N2CC3CC(Nc4ccc(C(F)(F)F)cn4)C2C3)c1. The molecule has 1 saturated heterocycles. The highest BCUT2D eigenvalue weighted by atomic mass is 19.4. The quantitative estimate of drug-likeness (QED) is 0.592. The van der Waals surface area contributed by atoms with Crippen LogP contribution in [0.25, 0.3) is 11.4 Å². The number of fused-ring (bicyclic) bond motifs is 2. The molecule has 2 aliphatic rings. The number of likely N-dealkylation sites (tertiary alicyclic amines) is 1. The lowest BCUT2D eigenvalue weighted by atomic mass is 10.0.